The third-order valence-corrected chi connectivity index (χ3v) is 11.8. The van der Waals surface area contributed by atoms with Crippen LogP contribution in [-0.2, 0) is 38.1 Å². The molecule has 0 saturated carbocycles. The number of likely N-dealkylation sites (N-methyl/N-ethyl adjacent to an activating group) is 1. The third kappa shape index (κ3) is 38.0. The summed E-state index contributed by atoms with van der Waals surface area (Å²) in [6.45, 7) is 10.6. The quantitative estimate of drug-likeness (QED) is 0.0359. The molecule has 360 valence electrons. The van der Waals surface area contributed by atoms with Crippen LogP contribution < -0.4 is 0 Å². The van der Waals surface area contributed by atoms with E-state index in [1.807, 2.05) is 11.9 Å². The SMILES string of the molecule is CCCCCCCCC(CCCCCC)C(=O)OCCCCCC(=O)OCC(CN(C)CCCO)OC(=O)CCCCCOC(=O)C(CCCCCC)CCCCCCCC. The molecule has 0 amide bonds. The van der Waals surface area contributed by atoms with Gasteiger partial charge in [0.2, 0.25) is 0 Å². The van der Waals surface area contributed by atoms with Gasteiger partial charge in [0.05, 0.1) is 25.0 Å². The van der Waals surface area contributed by atoms with Gasteiger partial charge < -0.3 is 29.0 Å². The second-order valence-electron chi connectivity index (χ2n) is 17.8. The zero-order valence-electron chi connectivity index (χ0n) is 40.5. The molecule has 10 heteroatoms. The fraction of sp³-hybridized carbons (Fsp3) is 0.922. The Balaban J connectivity index is 4.64. The summed E-state index contributed by atoms with van der Waals surface area (Å²) in [6, 6.07) is 0. The molecule has 61 heavy (non-hydrogen) atoms. The molecule has 0 heterocycles. The smallest absolute Gasteiger partial charge is 0.308 e. The first-order valence-corrected chi connectivity index (χ1v) is 25.7. The number of carbonyl (C=O) groups excluding carboxylic acids is 4. The predicted octanol–water partition coefficient (Wildman–Crippen LogP) is 12.6. The maximum absolute atomic E-state index is 13.0. The van der Waals surface area contributed by atoms with Crippen LogP contribution in [0.5, 0.6) is 0 Å². The molecule has 3 atom stereocenters. The van der Waals surface area contributed by atoms with Gasteiger partial charge in [0, 0.05) is 32.5 Å². The number of nitrogens with zero attached hydrogens (tertiary/aromatic N) is 1. The van der Waals surface area contributed by atoms with E-state index < -0.39 is 6.10 Å². The summed E-state index contributed by atoms with van der Waals surface area (Å²) in [7, 11) is 1.89. The van der Waals surface area contributed by atoms with Crippen LogP contribution in [0.15, 0.2) is 0 Å². The van der Waals surface area contributed by atoms with E-state index in [0.717, 1.165) is 77.0 Å². The van der Waals surface area contributed by atoms with Gasteiger partial charge in [-0.15, -0.1) is 0 Å². The Hall–Kier alpha value is -2.20. The third-order valence-electron chi connectivity index (χ3n) is 11.8. The Kier molecular flexibility index (Phi) is 42.8. The van der Waals surface area contributed by atoms with Crippen molar-refractivity contribution in [2.24, 2.45) is 11.8 Å². The number of unbranched alkanes of at least 4 members (excludes halogenated alkanes) is 20. The second kappa shape index (κ2) is 44.4. The molecule has 0 aromatic carbocycles. The molecule has 0 aliphatic carbocycles. The van der Waals surface area contributed by atoms with E-state index in [4.69, 9.17) is 18.9 Å². The van der Waals surface area contributed by atoms with Crippen molar-refractivity contribution in [2.75, 3.05) is 46.6 Å². The van der Waals surface area contributed by atoms with Crippen LogP contribution in [0.1, 0.15) is 240 Å². The second-order valence-corrected chi connectivity index (χ2v) is 17.8. The van der Waals surface area contributed by atoms with E-state index in [1.165, 1.54) is 89.9 Å². The molecular formula is C51H97NO9. The summed E-state index contributed by atoms with van der Waals surface area (Å²) in [5, 5.41) is 9.27. The number of hydrogen-bond donors (Lipinski definition) is 1. The van der Waals surface area contributed by atoms with Crippen molar-refractivity contribution >= 4 is 23.9 Å². The molecule has 0 aliphatic rings. The lowest BCUT2D eigenvalue weighted by Crippen LogP contribution is -2.37. The highest BCUT2D eigenvalue weighted by Crippen LogP contribution is 2.22. The Morgan fingerprint density at radius 1 is 0.459 bits per heavy atom. The molecule has 0 aromatic rings. The van der Waals surface area contributed by atoms with Crippen LogP contribution in [0.4, 0.5) is 0 Å². The summed E-state index contributed by atoms with van der Waals surface area (Å²) >= 11 is 0. The normalized spacial score (nSPS) is 12.9. The van der Waals surface area contributed by atoms with Crippen molar-refractivity contribution in [3.63, 3.8) is 0 Å². The largest absolute Gasteiger partial charge is 0.465 e. The summed E-state index contributed by atoms with van der Waals surface area (Å²) in [6.07, 6.45) is 32.0. The Morgan fingerprint density at radius 2 is 0.836 bits per heavy atom. The minimum atomic E-state index is -0.618. The van der Waals surface area contributed by atoms with Crippen LogP contribution in [0.2, 0.25) is 0 Å². The van der Waals surface area contributed by atoms with Crippen molar-refractivity contribution < 1.29 is 43.2 Å². The minimum Gasteiger partial charge on any atom is -0.465 e. The highest BCUT2D eigenvalue weighted by Gasteiger charge is 2.22. The zero-order chi connectivity index (χ0) is 45.0. The van der Waals surface area contributed by atoms with Gasteiger partial charge in [-0.1, -0.05) is 156 Å². The summed E-state index contributed by atoms with van der Waals surface area (Å²) in [5.74, 6) is -0.843. The van der Waals surface area contributed by atoms with Crippen LogP contribution in [0.25, 0.3) is 0 Å². The Bertz CT molecular complexity index is 1020. The average Bonchev–Trinajstić information content (AvgIpc) is 3.25. The zero-order valence-corrected chi connectivity index (χ0v) is 40.5. The maximum Gasteiger partial charge on any atom is 0.308 e. The fourth-order valence-electron chi connectivity index (χ4n) is 7.82. The first-order chi connectivity index (χ1) is 29.7. The van der Waals surface area contributed by atoms with Gasteiger partial charge in [0.25, 0.3) is 0 Å². The Morgan fingerprint density at radius 3 is 1.26 bits per heavy atom. The van der Waals surface area contributed by atoms with Crippen LogP contribution >= 0.6 is 0 Å². The average molecular weight is 868 g/mol. The minimum absolute atomic E-state index is 0.0125. The number of aliphatic hydroxyl groups excluding tert-OH is 1. The number of rotatable bonds is 46. The fourth-order valence-corrected chi connectivity index (χ4v) is 7.82. The lowest BCUT2D eigenvalue weighted by atomic mass is 9.94. The van der Waals surface area contributed by atoms with Gasteiger partial charge in [-0.25, -0.2) is 0 Å². The van der Waals surface area contributed by atoms with Crippen molar-refractivity contribution in [1.82, 2.24) is 4.90 Å². The van der Waals surface area contributed by atoms with Crippen LogP contribution in [-0.4, -0.2) is 86.6 Å². The molecule has 0 fully saturated rings. The molecule has 10 nitrogen and oxygen atoms in total. The lowest BCUT2D eigenvalue weighted by molar-refractivity contribution is -0.160. The van der Waals surface area contributed by atoms with Crippen molar-refractivity contribution in [3.05, 3.63) is 0 Å². The molecule has 0 radical (unpaired) electrons. The maximum atomic E-state index is 13.0. The number of esters is 4. The number of aliphatic hydroxyl groups is 1. The van der Waals surface area contributed by atoms with Gasteiger partial charge in [-0.05, 0) is 77.7 Å². The number of carbonyl (C=O) groups is 4. The topological polar surface area (TPSA) is 129 Å². The molecular weight excluding hydrogens is 771 g/mol. The number of hydrogen-bond acceptors (Lipinski definition) is 10. The molecule has 0 saturated heterocycles. The van der Waals surface area contributed by atoms with Gasteiger partial charge in [0.15, 0.2) is 0 Å². The van der Waals surface area contributed by atoms with Crippen molar-refractivity contribution in [3.8, 4) is 0 Å². The highest BCUT2D eigenvalue weighted by molar-refractivity contribution is 5.73. The predicted molar refractivity (Wildman–Crippen MR) is 249 cm³/mol. The molecule has 3 unspecified atom stereocenters. The standard InChI is InChI=1S/C51H97NO9/c1-6-10-14-18-20-26-35-45(33-24-16-12-8-3)50(56)58-41-30-22-28-37-48(54)60-44-47(43-52(5)39-32-40-53)61-49(55)38-29-23-31-42-59-51(57)46(34-25-17-13-9-4)36-27-21-19-15-11-7-2/h45-47,53H,6-44H2,1-5H3. The monoisotopic (exact) mass is 868 g/mol. The van der Waals surface area contributed by atoms with E-state index in [0.29, 0.717) is 58.4 Å². The molecule has 0 rings (SSSR count). The van der Waals surface area contributed by atoms with Gasteiger partial charge in [0.1, 0.15) is 12.7 Å². The number of ether oxygens (including phenoxy) is 4. The molecule has 1 N–H and O–H groups in total. The molecule has 0 bridgehead atoms. The van der Waals surface area contributed by atoms with Gasteiger partial charge in [-0.3, -0.25) is 19.2 Å². The first-order valence-electron chi connectivity index (χ1n) is 25.7. The van der Waals surface area contributed by atoms with Crippen LogP contribution in [0, 0.1) is 11.8 Å². The highest BCUT2D eigenvalue weighted by atomic mass is 16.6. The molecule has 0 aromatic heterocycles. The van der Waals surface area contributed by atoms with Crippen LogP contribution in [0.3, 0.4) is 0 Å². The molecule has 0 spiro atoms. The van der Waals surface area contributed by atoms with Crippen molar-refractivity contribution in [1.29, 1.82) is 0 Å². The van der Waals surface area contributed by atoms with E-state index in [1.54, 1.807) is 0 Å². The summed E-state index contributed by atoms with van der Waals surface area (Å²) in [5.41, 5.74) is 0. The summed E-state index contributed by atoms with van der Waals surface area (Å²) in [4.78, 5) is 53.4. The summed E-state index contributed by atoms with van der Waals surface area (Å²) < 4.78 is 22.8. The van der Waals surface area contributed by atoms with E-state index in [9.17, 15) is 24.3 Å². The lowest BCUT2D eigenvalue weighted by Gasteiger charge is -2.24. The molecule has 0 aliphatic heterocycles. The van der Waals surface area contributed by atoms with Crippen molar-refractivity contribution in [2.45, 2.75) is 246 Å². The van der Waals surface area contributed by atoms with E-state index in [-0.39, 0.29) is 61.8 Å². The first kappa shape index (κ1) is 58.8. The van der Waals surface area contributed by atoms with E-state index >= 15 is 0 Å². The Labute approximate surface area is 375 Å². The van der Waals surface area contributed by atoms with E-state index in [2.05, 4.69) is 27.7 Å². The van der Waals surface area contributed by atoms with Gasteiger partial charge in [-0.2, -0.15) is 0 Å². The van der Waals surface area contributed by atoms with Gasteiger partial charge >= 0.3 is 23.9 Å².